The third-order valence-electron chi connectivity index (χ3n) is 4.45. The zero-order chi connectivity index (χ0) is 17.3. The van der Waals surface area contributed by atoms with Gasteiger partial charge in [-0.25, -0.2) is 0 Å². The van der Waals surface area contributed by atoms with Crippen LogP contribution >= 0.6 is 0 Å². The minimum Gasteiger partial charge on any atom is -0.493 e. The van der Waals surface area contributed by atoms with Gasteiger partial charge in [0.15, 0.2) is 11.5 Å². The van der Waals surface area contributed by atoms with E-state index in [9.17, 15) is 9.59 Å². The van der Waals surface area contributed by atoms with Gasteiger partial charge in [-0.3, -0.25) is 9.59 Å². The molecule has 1 aromatic rings. The lowest BCUT2D eigenvalue weighted by Gasteiger charge is -2.17. The normalized spacial score (nSPS) is 17.6. The molecule has 0 bridgehead atoms. The number of rotatable bonds is 7. The second-order valence-corrected chi connectivity index (χ2v) is 6.20. The summed E-state index contributed by atoms with van der Waals surface area (Å²) in [4.78, 5) is 24.9. The number of carbonyl (C=O) groups excluding carboxylic acids is 2. The van der Waals surface area contributed by atoms with Crippen molar-refractivity contribution in [3.8, 4) is 17.2 Å². The van der Waals surface area contributed by atoms with Crippen molar-refractivity contribution < 1.29 is 23.8 Å². The van der Waals surface area contributed by atoms with E-state index >= 15 is 0 Å². The minimum absolute atomic E-state index is 0.171. The summed E-state index contributed by atoms with van der Waals surface area (Å²) in [6, 6.07) is 3.53. The molecule has 0 spiro atoms. The highest BCUT2D eigenvalue weighted by atomic mass is 16.5. The zero-order valence-corrected chi connectivity index (χ0v) is 14.1. The largest absolute Gasteiger partial charge is 0.493 e. The first-order valence-electron chi connectivity index (χ1n) is 7.96. The van der Waals surface area contributed by atoms with Gasteiger partial charge in [0, 0.05) is 23.9 Å². The second kappa shape index (κ2) is 6.22. The van der Waals surface area contributed by atoms with Crippen molar-refractivity contribution in [2.45, 2.75) is 31.7 Å². The zero-order valence-electron chi connectivity index (χ0n) is 14.1. The molecular formula is C17H22N2O5. The SMILES string of the molecule is COc1cc(NC(=O)C2(C(=O)NC3CC3)CC2)cc(OC)c1OC. The van der Waals surface area contributed by atoms with E-state index in [2.05, 4.69) is 10.6 Å². The Labute approximate surface area is 140 Å². The molecule has 7 heteroatoms. The first-order chi connectivity index (χ1) is 11.5. The van der Waals surface area contributed by atoms with E-state index in [0.29, 0.717) is 35.8 Å². The quantitative estimate of drug-likeness (QED) is 0.742. The van der Waals surface area contributed by atoms with Gasteiger partial charge in [-0.15, -0.1) is 0 Å². The fourth-order valence-electron chi connectivity index (χ4n) is 2.64. The van der Waals surface area contributed by atoms with Crippen molar-refractivity contribution in [2.24, 2.45) is 5.41 Å². The van der Waals surface area contributed by atoms with E-state index < -0.39 is 5.41 Å². The van der Waals surface area contributed by atoms with Crippen LogP contribution in [0.5, 0.6) is 17.2 Å². The van der Waals surface area contributed by atoms with E-state index in [0.717, 1.165) is 12.8 Å². The molecular weight excluding hydrogens is 312 g/mol. The average molecular weight is 334 g/mol. The Morgan fingerprint density at radius 1 is 1.00 bits per heavy atom. The average Bonchev–Trinajstić information content (AvgIpc) is 3.47. The first kappa shape index (κ1) is 16.4. The Hall–Kier alpha value is -2.44. The number of anilines is 1. The summed E-state index contributed by atoms with van der Waals surface area (Å²) in [6.45, 7) is 0. The summed E-state index contributed by atoms with van der Waals surface area (Å²) in [5, 5.41) is 5.72. The highest BCUT2D eigenvalue weighted by Gasteiger charge is 2.57. The molecule has 3 rings (SSSR count). The standard InChI is InChI=1S/C17H22N2O5/c1-22-12-8-11(9-13(23-2)14(12)24-3)19-16(21)17(6-7-17)15(20)18-10-4-5-10/h8-10H,4-7H2,1-3H3,(H,18,20)(H,19,21). The van der Waals surface area contributed by atoms with Gasteiger partial charge < -0.3 is 24.8 Å². The monoisotopic (exact) mass is 334 g/mol. The number of benzene rings is 1. The van der Waals surface area contributed by atoms with E-state index in [1.165, 1.54) is 21.3 Å². The van der Waals surface area contributed by atoms with Crippen molar-refractivity contribution in [2.75, 3.05) is 26.6 Å². The van der Waals surface area contributed by atoms with Crippen LogP contribution in [0.4, 0.5) is 5.69 Å². The molecule has 1 aromatic carbocycles. The van der Waals surface area contributed by atoms with Crippen LogP contribution in [0, 0.1) is 5.41 Å². The van der Waals surface area contributed by atoms with Crippen LogP contribution in [0.3, 0.4) is 0 Å². The van der Waals surface area contributed by atoms with Crippen molar-refractivity contribution in [1.29, 1.82) is 0 Å². The molecule has 7 nitrogen and oxygen atoms in total. The molecule has 0 aromatic heterocycles. The molecule has 0 unspecified atom stereocenters. The van der Waals surface area contributed by atoms with E-state index in [-0.39, 0.29) is 17.9 Å². The molecule has 0 heterocycles. The lowest BCUT2D eigenvalue weighted by atomic mass is 10.0. The lowest BCUT2D eigenvalue weighted by Crippen LogP contribution is -2.40. The van der Waals surface area contributed by atoms with Gasteiger partial charge in [0.05, 0.1) is 21.3 Å². The molecule has 130 valence electrons. The van der Waals surface area contributed by atoms with Crippen LogP contribution in [0.15, 0.2) is 12.1 Å². The minimum atomic E-state index is -0.941. The maximum Gasteiger partial charge on any atom is 0.240 e. The maximum absolute atomic E-state index is 12.6. The molecule has 2 N–H and O–H groups in total. The Bertz CT molecular complexity index is 640. The van der Waals surface area contributed by atoms with Gasteiger partial charge >= 0.3 is 0 Å². The predicted molar refractivity (Wildman–Crippen MR) is 87.6 cm³/mol. The summed E-state index contributed by atoms with van der Waals surface area (Å²) in [6.07, 6.45) is 3.14. The Balaban J connectivity index is 1.77. The molecule has 0 saturated heterocycles. The third kappa shape index (κ3) is 2.98. The molecule has 2 saturated carbocycles. The van der Waals surface area contributed by atoms with Gasteiger partial charge in [-0.1, -0.05) is 0 Å². The highest BCUT2D eigenvalue weighted by molar-refractivity contribution is 6.13. The predicted octanol–water partition coefficient (Wildman–Crippen LogP) is 1.71. The molecule has 2 aliphatic rings. The van der Waals surface area contributed by atoms with Crippen molar-refractivity contribution >= 4 is 17.5 Å². The highest BCUT2D eigenvalue weighted by Crippen LogP contribution is 2.48. The second-order valence-electron chi connectivity index (χ2n) is 6.20. The molecule has 2 amide bonds. The van der Waals surface area contributed by atoms with Gasteiger partial charge in [-0.2, -0.15) is 0 Å². The number of nitrogens with one attached hydrogen (secondary N) is 2. The Morgan fingerprint density at radius 2 is 1.58 bits per heavy atom. The summed E-state index contributed by atoms with van der Waals surface area (Å²) in [5.41, 5.74) is -0.441. The fourth-order valence-corrected chi connectivity index (χ4v) is 2.64. The summed E-state index contributed by atoms with van der Waals surface area (Å²) < 4.78 is 15.8. The molecule has 24 heavy (non-hydrogen) atoms. The van der Waals surface area contributed by atoms with Gasteiger partial charge in [0.25, 0.3) is 0 Å². The van der Waals surface area contributed by atoms with Crippen LogP contribution in [0.1, 0.15) is 25.7 Å². The van der Waals surface area contributed by atoms with E-state index in [1.807, 2.05) is 0 Å². The molecule has 0 aliphatic heterocycles. The number of hydrogen-bond acceptors (Lipinski definition) is 5. The molecule has 2 fully saturated rings. The van der Waals surface area contributed by atoms with E-state index in [1.54, 1.807) is 12.1 Å². The Morgan fingerprint density at radius 3 is 2.00 bits per heavy atom. The Kier molecular flexibility index (Phi) is 4.26. The van der Waals surface area contributed by atoms with Crippen LogP contribution in [-0.2, 0) is 9.59 Å². The van der Waals surface area contributed by atoms with Gasteiger partial charge in [0.1, 0.15) is 5.41 Å². The molecule has 0 atom stereocenters. The first-order valence-corrected chi connectivity index (χ1v) is 7.96. The number of hydrogen-bond donors (Lipinski definition) is 2. The number of ether oxygens (including phenoxy) is 3. The van der Waals surface area contributed by atoms with Gasteiger partial charge in [0.2, 0.25) is 17.6 Å². The van der Waals surface area contributed by atoms with Gasteiger partial charge in [-0.05, 0) is 25.7 Å². The van der Waals surface area contributed by atoms with Crippen LogP contribution in [-0.4, -0.2) is 39.2 Å². The summed E-state index contributed by atoms with van der Waals surface area (Å²) >= 11 is 0. The maximum atomic E-state index is 12.6. The summed E-state index contributed by atoms with van der Waals surface area (Å²) in [5.74, 6) is 0.870. The smallest absolute Gasteiger partial charge is 0.240 e. The van der Waals surface area contributed by atoms with Crippen molar-refractivity contribution in [3.63, 3.8) is 0 Å². The molecule has 2 aliphatic carbocycles. The number of methoxy groups -OCH3 is 3. The molecule has 0 radical (unpaired) electrons. The third-order valence-corrected chi connectivity index (χ3v) is 4.45. The number of amides is 2. The summed E-state index contributed by atoms with van der Waals surface area (Å²) in [7, 11) is 4.53. The topological polar surface area (TPSA) is 85.9 Å². The number of carbonyl (C=O) groups is 2. The van der Waals surface area contributed by atoms with Crippen LogP contribution in [0.2, 0.25) is 0 Å². The van der Waals surface area contributed by atoms with Crippen LogP contribution in [0.25, 0.3) is 0 Å². The van der Waals surface area contributed by atoms with E-state index in [4.69, 9.17) is 14.2 Å². The fraction of sp³-hybridized carbons (Fsp3) is 0.529. The lowest BCUT2D eigenvalue weighted by molar-refractivity contribution is -0.134. The van der Waals surface area contributed by atoms with Crippen molar-refractivity contribution in [1.82, 2.24) is 5.32 Å². The van der Waals surface area contributed by atoms with Crippen LogP contribution < -0.4 is 24.8 Å². The van der Waals surface area contributed by atoms with Crippen molar-refractivity contribution in [3.05, 3.63) is 12.1 Å².